The highest BCUT2D eigenvalue weighted by molar-refractivity contribution is 5.87. The van der Waals surface area contributed by atoms with Crippen LogP contribution < -0.4 is 11.1 Å². The van der Waals surface area contributed by atoms with Crippen molar-refractivity contribution in [1.29, 1.82) is 0 Å². The Kier molecular flexibility index (Phi) is 5.42. The van der Waals surface area contributed by atoms with Gasteiger partial charge in [-0.05, 0) is 17.7 Å². The molecule has 2 rings (SSSR count). The molecule has 23 heavy (non-hydrogen) atoms. The summed E-state index contributed by atoms with van der Waals surface area (Å²) < 4.78 is 13.2. The molecule has 0 saturated carbocycles. The molecule has 0 fully saturated rings. The van der Waals surface area contributed by atoms with Gasteiger partial charge in [0.05, 0.1) is 18.1 Å². The van der Waals surface area contributed by atoms with E-state index < -0.39 is 29.8 Å². The molecule has 0 aliphatic heterocycles. The van der Waals surface area contributed by atoms with Gasteiger partial charge in [-0.15, -0.1) is 0 Å². The molecule has 1 heterocycles. The molecule has 0 bridgehead atoms. The number of benzene rings is 1. The molecule has 2 atom stereocenters. The molecule has 2 aromatic rings. The Hall–Kier alpha value is -2.74. The number of imidazole rings is 1. The third-order valence-electron chi connectivity index (χ3n) is 3.26. The molecule has 1 aromatic carbocycles. The van der Waals surface area contributed by atoms with Crippen molar-refractivity contribution < 1.29 is 19.1 Å². The predicted octanol–water partition coefficient (Wildman–Crippen LogP) is 0.231. The van der Waals surface area contributed by atoms with Gasteiger partial charge in [-0.2, -0.15) is 0 Å². The molecule has 8 heteroatoms. The van der Waals surface area contributed by atoms with Crippen molar-refractivity contribution in [3.05, 3.63) is 53.9 Å². The third-order valence-corrected chi connectivity index (χ3v) is 3.26. The average Bonchev–Trinajstić information content (AvgIpc) is 2.99. The number of hydrogen-bond donors (Lipinski definition) is 4. The van der Waals surface area contributed by atoms with Crippen molar-refractivity contribution in [1.82, 2.24) is 15.3 Å². The van der Waals surface area contributed by atoms with Crippen LogP contribution in [0.5, 0.6) is 0 Å². The SMILES string of the molecule is N[C@@H](Cc1c[nH]cn1)C(=O)NC(Cc1cccc(F)c1)C(=O)O. The highest BCUT2D eigenvalue weighted by atomic mass is 19.1. The number of amides is 1. The van der Waals surface area contributed by atoms with Crippen LogP contribution >= 0.6 is 0 Å². The Labute approximate surface area is 131 Å². The first-order chi connectivity index (χ1) is 11.0. The topological polar surface area (TPSA) is 121 Å². The average molecular weight is 320 g/mol. The van der Waals surface area contributed by atoms with Crippen LogP contribution in [0.4, 0.5) is 4.39 Å². The highest BCUT2D eigenvalue weighted by Crippen LogP contribution is 2.07. The first-order valence-corrected chi connectivity index (χ1v) is 6.96. The summed E-state index contributed by atoms with van der Waals surface area (Å²) in [5, 5.41) is 11.6. The molecular formula is C15H17FN4O3. The molecule has 1 amide bonds. The molecule has 122 valence electrons. The number of rotatable bonds is 7. The van der Waals surface area contributed by atoms with E-state index in [0.29, 0.717) is 11.3 Å². The lowest BCUT2D eigenvalue weighted by Crippen LogP contribution is -2.50. The number of nitrogens with one attached hydrogen (secondary N) is 2. The second-order valence-corrected chi connectivity index (χ2v) is 5.10. The summed E-state index contributed by atoms with van der Waals surface area (Å²) in [7, 11) is 0. The Morgan fingerprint density at radius 2 is 2.17 bits per heavy atom. The van der Waals surface area contributed by atoms with Gasteiger partial charge in [-0.1, -0.05) is 12.1 Å². The standard InChI is InChI=1S/C15H17FN4O3/c16-10-3-1-2-9(4-10)5-13(15(22)23)20-14(21)12(17)6-11-7-18-8-19-11/h1-4,7-8,12-13H,5-6,17H2,(H,18,19)(H,20,21)(H,22,23)/t12-,13?/m0/s1. The monoisotopic (exact) mass is 320 g/mol. The Morgan fingerprint density at radius 1 is 1.39 bits per heavy atom. The van der Waals surface area contributed by atoms with Gasteiger partial charge >= 0.3 is 5.97 Å². The molecule has 0 spiro atoms. The summed E-state index contributed by atoms with van der Waals surface area (Å²) in [5.74, 6) is -2.28. The molecule has 0 aliphatic carbocycles. The number of halogens is 1. The summed E-state index contributed by atoms with van der Waals surface area (Å²) in [4.78, 5) is 30.0. The number of nitrogens with two attached hydrogens (primary N) is 1. The van der Waals surface area contributed by atoms with Crippen molar-refractivity contribution in [2.24, 2.45) is 5.73 Å². The van der Waals surface area contributed by atoms with Crippen LogP contribution in [-0.2, 0) is 22.4 Å². The molecule has 0 aliphatic rings. The number of hydrogen-bond acceptors (Lipinski definition) is 4. The van der Waals surface area contributed by atoms with E-state index in [4.69, 9.17) is 5.73 Å². The molecule has 1 aromatic heterocycles. The fraction of sp³-hybridized carbons (Fsp3) is 0.267. The van der Waals surface area contributed by atoms with Crippen molar-refractivity contribution in [3.8, 4) is 0 Å². The van der Waals surface area contributed by atoms with E-state index in [9.17, 15) is 19.1 Å². The van der Waals surface area contributed by atoms with Gasteiger partial charge in [0.2, 0.25) is 5.91 Å². The van der Waals surface area contributed by atoms with E-state index in [1.807, 2.05) is 0 Å². The van der Waals surface area contributed by atoms with Crippen LogP contribution in [0.2, 0.25) is 0 Å². The third kappa shape index (κ3) is 4.89. The molecule has 0 saturated heterocycles. The summed E-state index contributed by atoms with van der Waals surface area (Å²) in [6, 6.07) is 3.45. The van der Waals surface area contributed by atoms with Gasteiger partial charge in [-0.3, -0.25) is 4.79 Å². The lowest BCUT2D eigenvalue weighted by atomic mass is 10.0. The van der Waals surface area contributed by atoms with E-state index in [1.54, 1.807) is 12.3 Å². The highest BCUT2D eigenvalue weighted by Gasteiger charge is 2.24. The van der Waals surface area contributed by atoms with Gasteiger partial charge in [0, 0.05) is 19.0 Å². The largest absolute Gasteiger partial charge is 0.480 e. The quantitative estimate of drug-likeness (QED) is 0.582. The van der Waals surface area contributed by atoms with Crippen molar-refractivity contribution in [2.45, 2.75) is 24.9 Å². The second-order valence-electron chi connectivity index (χ2n) is 5.10. The van der Waals surface area contributed by atoms with Crippen molar-refractivity contribution >= 4 is 11.9 Å². The van der Waals surface area contributed by atoms with Crippen LogP contribution in [0.1, 0.15) is 11.3 Å². The number of carboxylic acids is 1. The van der Waals surface area contributed by atoms with Crippen LogP contribution in [0.15, 0.2) is 36.8 Å². The minimum atomic E-state index is -1.21. The molecular weight excluding hydrogens is 303 g/mol. The lowest BCUT2D eigenvalue weighted by Gasteiger charge is -2.17. The van der Waals surface area contributed by atoms with Gasteiger partial charge in [0.1, 0.15) is 11.9 Å². The molecule has 7 nitrogen and oxygen atoms in total. The summed E-state index contributed by atoms with van der Waals surface area (Å²) in [5.41, 5.74) is 6.83. The number of nitrogens with zero attached hydrogens (tertiary/aromatic N) is 1. The van der Waals surface area contributed by atoms with Crippen LogP contribution in [-0.4, -0.2) is 39.0 Å². The first-order valence-electron chi connectivity index (χ1n) is 6.96. The van der Waals surface area contributed by atoms with Gasteiger partial charge in [0.15, 0.2) is 0 Å². The van der Waals surface area contributed by atoms with Crippen LogP contribution in [0.3, 0.4) is 0 Å². The van der Waals surface area contributed by atoms with E-state index in [-0.39, 0.29) is 12.8 Å². The number of carboxylic acid groups (broad SMARTS) is 1. The van der Waals surface area contributed by atoms with Gasteiger partial charge in [0.25, 0.3) is 0 Å². The summed E-state index contributed by atoms with van der Waals surface area (Å²) >= 11 is 0. The van der Waals surface area contributed by atoms with E-state index in [2.05, 4.69) is 15.3 Å². The predicted molar refractivity (Wildman–Crippen MR) is 79.9 cm³/mol. The minimum Gasteiger partial charge on any atom is -0.480 e. The van der Waals surface area contributed by atoms with E-state index in [1.165, 1.54) is 24.5 Å². The Balaban J connectivity index is 1.98. The number of carbonyl (C=O) groups excluding carboxylic acids is 1. The Morgan fingerprint density at radius 3 is 2.78 bits per heavy atom. The number of H-pyrrole nitrogens is 1. The number of aliphatic carboxylic acids is 1. The number of carbonyl (C=O) groups is 2. The maximum absolute atomic E-state index is 13.2. The maximum Gasteiger partial charge on any atom is 0.326 e. The second kappa shape index (κ2) is 7.50. The molecule has 5 N–H and O–H groups in total. The summed E-state index contributed by atoms with van der Waals surface area (Å²) in [6.07, 6.45) is 3.22. The zero-order valence-electron chi connectivity index (χ0n) is 12.2. The minimum absolute atomic E-state index is 0.0338. The number of aromatic amines is 1. The fourth-order valence-electron chi connectivity index (χ4n) is 2.10. The zero-order chi connectivity index (χ0) is 16.8. The zero-order valence-corrected chi connectivity index (χ0v) is 12.2. The van der Waals surface area contributed by atoms with E-state index in [0.717, 1.165) is 0 Å². The lowest BCUT2D eigenvalue weighted by molar-refractivity contribution is -0.142. The van der Waals surface area contributed by atoms with Crippen molar-refractivity contribution in [3.63, 3.8) is 0 Å². The van der Waals surface area contributed by atoms with Gasteiger partial charge in [-0.25, -0.2) is 14.2 Å². The van der Waals surface area contributed by atoms with Crippen molar-refractivity contribution in [2.75, 3.05) is 0 Å². The van der Waals surface area contributed by atoms with E-state index >= 15 is 0 Å². The maximum atomic E-state index is 13.2. The Bertz CT molecular complexity index is 675. The normalized spacial score (nSPS) is 13.3. The fourth-order valence-corrected chi connectivity index (χ4v) is 2.10. The van der Waals surface area contributed by atoms with Crippen LogP contribution in [0, 0.1) is 5.82 Å². The first kappa shape index (κ1) is 16.6. The smallest absolute Gasteiger partial charge is 0.326 e. The number of aromatic nitrogens is 2. The summed E-state index contributed by atoms with van der Waals surface area (Å²) in [6.45, 7) is 0. The molecule has 0 radical (unpaired) electrons. The van der Waals surface area contributed by atoms with Gasteiger partial charge < -0.3 is 21.1 Å². The molecule has 1 unspecified atom stereocenters. The van der Waals surface area contributed by atoms with Crippen LogP contribution in [0.25, 0.3) is 0 Å².